The van der Waals surface area contributed by atoms with Gasteiger partial charge >= 0.3 is 0 Å². The van der Waals surface area contributed by atoms with E-state index in [0.717, 1.165) is 18.4 Å². The Hall–Kier alpha value is -1.90. The maximum atomic E-state index is 12.8. The van der Waals surface area contributed by atoms with Crippen molar-refractivity contribution in [2.24, 2.45) is 5.92 Å². The lowest BCUT2D eigenvalue weighted by Crippen LogP contribution is -2.37. The van der Waals surface area contributed by atoms with Gasteiger partial charge in [-0.05, 0) is 66.6 Å². The van der Waals surface area contributed by atoms with Gasteiger partial charge in [0.05, 0.1) is 9.79 Å². The molecule has 2 aromatic rings. The van der Waals surface area contributed by atoms with Crippen LogP contribution in [-0.2, 0) is 20.0 Å². The van der Waals surface area contributed by atoms with Crippen molar-refractivity contribution < 1.29 is 16.8 Å². The standard InChI is InChI=1S/C21H28N2O4S2/c1-16(2)18-4-8-20(9-5-18)28(24,25)22-19-6-10-21(11-7-19)29(26,27)23-14-12-17(3)13-15-23/h4-11,16-17,22H,12-15H2,1-3H3. The van der Waals surface area contributed by atoms with Crippen LogP contribution in [0.15, 0.2) is 58.3 Å². The van der Waals surface area contributed by atoms with E-state index in [4.69, 9.17) is 0 Å². The second-order valence-corrected chi connectivity index (χ2v) is 11.6. The first-order chi connectivity index (χ1) is 13.6. The molecular formula is C21H28N2O4S2. The third-order valence-electron chi connectivity index (χ3n) is 5.34. The monoisotopic (exact) mass is 436 g/mol. The third-order valence-corrected chi connectivity index (χ3v) is 8.65. The summed E-state index contributed by atoms with van der Waals surface area (Å²) in [7, 11) is -7.30. The molecule has 6 nitrogen and oxygen atoms in total. The van der Waals surface area contributed by atoms with Crippen LogP contribution in [0.1, 0.15) is 45.1 Å². The van der Waals surface area contributed by atoms with Gasteiger partial charge in [0.15, 0.2) is 0 Å². The lowest BCUT2D eigenvalue weighted by atomic mass is 10.0. The zero-order valence-corrected chi connectivity index (χ0v) is 18.6. The van der Waals surface area contributed by atoms with E-state index in [1.165, 1.54) is 28.6 Å². The third kappa shape index (κ3) is 4.99. The Morgan fingerprint density at radius 2 is 1.38 bits per heavy atom. The van der Waals surface area contributed by atoms with Crippen LogP contribution in [0.2, 0.25) is 0 Å². The number of anilines is 1. The van der Waals surface area contributed by atoms with Crippen molar-refractivity contribution in [3.63, 3.8) is 0 Å². The molecule has 1 saturated heterocycles. The number of rotatable bonds is 6. The minimum absolute atomic E-state index is 0.168. The fraction of sp³-hybridized carbons (Fsp3) is 0.429. The lowest BCUT2D eigenvalue weighted by Gasteiger charge is -2.29. The summed E-state index contributed by atoms with van der Waals surface area (Å²) in [6.07, 6.45) is 1.71. The Morgan fingerprint density at radius 1 is 0.862 bits per heavy atom. The molecule has 1 fully saturated rings. The van der Waals surface area contributed by atoms with E-state index in [1.54, 1.807) is 24.3 Å². The van der Waals surface area contributed by atoms with E-state index in [9.17, 15) is 16.8 Å². The Morgan fingerprint density at radius 3 is 1.90 bits per heavy atom. The predicted molar refractivity (Wildman–Crippen MR) is 115 cm³/mol. The first-order valence-corrected chi connectivity index (χ1v) is 12.7. The maximum absolute atomic E-state index is 12.8. The first kappa shape index (κ1) is 21.8. The molecule has 1 N–H and O–H groups in total. The fourth-order valence-electron chi connectivity index (χ4n) is 3.32. The van der Waals surface area contributed by atoms with Crippen molar-refractivity contribution in [3.8, 4) is 0 Å². The average Bonchev–Trinajstić information content (AvgIpc) is 2.68. The van der Waals surface area contributed by atoms with Gasteiger partial charge in [-0.1, -0.05) is 32.9 Å². The molecule has 0 unspecified atom stereocenters. The van der Waals surface area contributed by atoms with Gasteiger partial charge in [0.2, 0.25) is 10.0 Å². The molecular weight excluding hydrogens is 408 g/mol. The lowest BCUT2D eigenvalue weighted by molar-refractivity contribution is 0.288. The van der Waals surface area contributed by atoms with Gasteiger partial charge < -0.3 is 0 Å². The van der Waals surface area contributed by atoms with Gasteiger partial charge in [-0.3, -0.25) is 4.72 Å². The van der Waals surface area contributed by atoms with Gasteiger partial charge in [-0.2, -0.15) is 4.31 Å². The number of nitrogens with zero attached hydrogens (tertiary/aromatic N) is 1. The Balaban J connectivity index is 1.74. The second kappa shape index (κ2) is 8.45. The number of nitrogens with one attached hydrogen (secondary N) is 1. The van der Waals surface area contributed by atoms with Gasteiger partial charge in [-0.25, -0.2) is 16.8 Å². The highest BCUT2D eigenvalue weighted by atomic mass is 32.2. The first-order valence-electron chi connectivity index (χ1n) is 9.82. The molecule has 0 aliphatic carbocycles. The van der Waals surface area contributed by atoms with Crippen LogP contribution in [0.4, 0.5) is 5.69 Å². The van der Waals surface area contributed by atoms with Crippen molar-refractivity contribution in [1.29, 1.82) is 0 Å². The smallest absolute Gasteiger partial charge is 0.261 e. The number of piperidine rings is 1. The predicted octanol–water partition coefficient (Wildman–Crippen LogP) is 4.03. The molecule has 29 heavy (non-hydrogen) atoms. The largest absolute Gasteiger partial charge is 0.280 e. The Bertz CT molecular complexity index is 1040. The minimum atomic E-state index is -3.74. The normalized spacial score (nSPS) is 16.8. The van der Waals surface area contributed by atoms with Crippen LogP contribution < -0.4 is 4.72 Å². The van der Waals surface area contributed by atoms with E-state index in [0.29, 0.717) is 30.6 Å². The van der Waals surface area contributed by atoms with Crippen LogP contribution in [0.5, 0.6) is 0 Å². The molecule has 1 aliphatic heterocycles. The molecule has 0 aromatic heterocycles. The number of sulfonamides is 2. The summed E-state index contributed by atoms with van der Waals surface area (Å²) in [6, 6.07) is 12.6. The number of benzene rings is 2. The highest BCUT2D eigenvalue weighted by Crippen LogP contribution is 2.25. The van der Waals surface area contributed by atoms with Crippen molar-refractivity contribution in [2.75, 3.05) is 17.8 Å². The second-order valence-electron chi connectivity index (χ2n) is 7.94. The van der Waals surface area contributed by atoms with Gasteiger partial charge in [0, 0.05) is 18.8 Å². The quantitative estimate of drug-likeness (QED) is 0.741. The molecule has 0 radical (unpaired) electrons. The van der Waals surface area contributed by atoms with Crippen molar-refractivity contribution in [2.45, 2.75) is 49.3 Å². The Kier molecular flexibility index (Phi) is 6.36. The molecule has 0 atom stereocenters. The molecule has 158 valence electrons. The molecule has 0 saturated carbocycles. The van der Waals surface area contributed by atoms with Crippen LogP contribution in [0.3, 0.4) is 0 Å². The SMILES string of the molecule is CC1CCN(S(=O)(=O)c2ccc(NS(=O)(=O)c3ccc(C(C)C)cc3)cc2)CC1. The molecule has 2 aromatic carbocycles. The van der Waals surface area contributed by atoms with Crippen molar-refractivity contribution in [3.05, 3.63) is 54.1 Å². The van der Waals surface area contributed by atoms with E-state index >= 15 is 0 Å². The fourth-order valence-corrected chi connectivity index (χ4v) is 5.84. The zero-order chi connectivity index (χ0) is 21.2. The molecule has 3 rings (SSSR count). The minimum Gasteiger partial charge on any atom is -0.280 e. The number of hydrogen-bond acceptors (Lipinski definition) is 4. The molecule has 0 amide bonds. The molecule has 8 heteroatoms. The van der Waals surface area contributed by atoms with Gasteiger partial charge in [-0.15, -0.1) is 0 Å². The van der Waals surface area contributed by atoms with Crippen molar-refractivity contribution in [1.82, 2.24) is 4.31 Å². The Labute approximate surface area is 174 Å². The molecule has 0 bridgehead atoms. The summed E-state index contributed by atoms with van der Waals surface area (Å²) >= 11 is 0. The summed E-state index contributed by atoms with van der Waals surface area (Å²) in [5.41, 5.74) is 1.38. The highest BCUT2D eigenvalue weighted by molar-refractivity contribution is 7.92. The van der Waals surface area contributed by atoms with E-state index in [-0.39, 0.29) is 9.79 Å². The van der Waals surface area contributed by atoms with E-state index in [2.05, 4.69) is 11.6 Å². The van der Waals surface area contributed by atoms with Crippen LogP contribution >= 0.6 is 0 Å². The summed E-state index contributed by atoms with van der Waals surface area (Å²) in [4.78, 5) is 0.345. The van der Waals surface area contributed by atoms with Crippen LogP contribution in [0.25, 0.3) is 0 Å². The molecule has 0 spiro atoms. The zero-order valence-electron chi connectivity index (χ0n) is 17.0. The molecule has 1 aliphatic rings. The summed E-state index contributed by atoms with van der Waals surface area (Å²) in [6.45, 7) is 7.25. The summed E-state index contributed by atoms with van der Waals surface area (Å²) < 4.78 is 54.8. The summed E-state index contributed by atoms with van der Waals surface area (Å²) in [5, 5.41) is 0. The maximum Gasteiger partial charge on any atom is 0.261 e. The topological polar surface area (TPSA) is 83.6 Å². The highest BCUT2D eigenvalue weighted by Gasteiger charge is 2.28. The molecule has 1 heterocycles. The van der Waals surface area contributed by atoms with E-state index in [1.807, 2.05) is 13.8 Å². The van der Waals surface area contributed by atoms with Gasteiger partial charge in [0.1, 0.15) is 0 Å². The van der Waals surface area contributed by atoms with Crippen molar-refractivity contribution >= 4 is 25.7 Å². The van der Waals surface area contributed by atoms with Gasteiger partial charge in [0.25, 0.3) is 10.0 Å². The van der Waals surface area contributed by atoms with Crippen LogP contribution in [-0.4, -0.2) is 34.2 Å². The number of hydrogen-bond donors (Lipinski definition) is 1. The average molecular weight is 437 g/mol. The summed E-state index contributed by atoms with van der Waals surface area (Å²) in [5.74, 6) is 0.852. The van der Waals surface area contributed by atoms with Crippen LogP contribution in [0, 0.1) is 5.92 Å². The van der Waals surface area contributed by atoms with E-state index < -0.39 is 20.0 Å².